The second-order valence-electron chi connectivity index (χ2n) is 5.48. The van der Waals surface area contributed by atoms with Gasteiger partial charge in [0.05, 0.1) is 0 Å². The van der Waals surface area contributed by atoms with Crippen LogP contribution in [0, 0.1) is 6.92 Å². The molecule has 0 amide bonds. The van der Waals surface area contributed by atoms with E-state index in [9.17, 15) is 0 Å². The maximum atomic E-state index is 4.74. The Hall–Kier alpha value is -1.32. The van der Waals surface area contributed by atoms with Crippen LogP contribution in [-0.4, -0.2) is 22.6 Å². The van der Waals surface area contributed by atoms with Crippen LogP contribution in [0.15, 0.2) is 0 Å². The first kappa shape index (κ1) is 11.8. The molecule has 2 saturated carbocycles. The van der Waals surface area contributed by atoms with Gasteiger partial charge in [0, 0.05) is 24.1 Å². The van der Waals surface area contributed by atoms with E-state index in [4.69, 9.17) is 4.98 Å². The molecule has 18 heavy (non-hydrogen) atoms. The van der Waals surface area contributed by atoms with Gasteiger partial charge in [0.15, 0.2) is 0 Å². The highest BCUT2D eigenvalue weighted by molar-refractivity contribution is 5.58. The van der Waals surface area contributed by atoms with Crippen molar-refractivity contribution in [1.82, 2.24) is 9.97 Å². The van der Waals surface area contributed by atoms with Crippen LogP contribution < -0.4 is 10.6 Å². The lowest BCUT2D eigenvalue weighted by atomic mass is 9.93. The molecule has 98 valence electrons. The molecule has 2 aliphatic carbocycles. The topological polar surface area (TPSA) is 49.8 Å². The Bertz CT molecular complexity index is 436. The zero-order chi connectivity index (χ0) is 12.5. The Kier molecular flexibility index (Phi) is 3.10. The summed E-state index contributed by atoms with van der Waals surface area (Å²) < 4.78 is 0. The predicted octanol–water partition coefficient (Wildman–Crippen LogP) is 3.06. The number of hydrogen-bond donors (Lipinski definition) is 2. The Balaban J connectivity index is 1.88. The first-order chi connectivity index (χ1) is 8.78. The fraction of sp³-hybridized carbons (Fsp3) is 0.714. The van der Waals surface area contributed by atoms with Crippen molar-refractivity contribution in [2.75, 3.05) is 17.2 Å². The van der Waals surface area contributed by atoms with Crippen LogP contribution in [0.3, 0.4) is 0 Å². The SMILES string of the molecule is CCNc1nc(C2CC2)nc(NC2CCC2)c1C. The Morgan fingerprint density at radius 3 is 2.39 bits per heavy atom. The number of hydrogen-bond acceptors (Lipinski definition) is 4. The van der Waals surface area contributed by atoms with Gasteiger partial charge < -0.3 is 10.6 Å². The van der Waals surface area contributed by atoms with Crippen molar-refractivity contribution < 1.29 is 0 Å². The Labute approximate surface area is 109 Å². The fourth-order valence-electron chi connectivity index (χ4n) is 2.28. The molecule has 2 fully saturated rings. The molecule has 0 bridgehead atoms. The third-order valence-corrected chi connectivity index (χ3v) is 3.90. The van der Waals surface area contributed by atoms with Crippen LogP contribution in [0.4, 0.5) is 11.6 Å². The molecule has 0 aliphatic heterocycles. The smallest absolute Gasteiger partial charge is 0.136 e. The van der Waals surface area contributed by atoms with Crippen LogP contribution in [0.25, 0.3) is 0 Å². The summed E-state index contributed by atoms with van der Waals surface area (Å²) in [5, 5.41) is 6.93. The lowest BCUT2D eigenvalue weighted by molar-refractivity contribution is 0.444. The molecule has 0 unspecified atom stereocenters. The standard InChI is InChI=1S/C14H22N4/c1-3-15-12-9(2)13(16-11-5-4-6-11)18-14(17-12)10-7-8-10/h10-11H,3-8H2,1-2H3,(H2,15,16,17,18). The summed E-state index contributed by atoms with van der Waals surface area (Å²) in [5.41, 5.74) is 1.16. The van der Waals surface area contributed by atoms with Gasteiger partial charge in [0.25, 0.3) is 0 Å². The average Bonchev–Trinajstić information content (AvgIpc) is 3.12. The van der Waals surface area contributed by atoms with E-state index in [0.717, 1.165) is 29.6 Å². The van der Waals surface area contributed by atoms with Gasteiger partial charge in [-0.3, -0.25) is 0 Å². The van der Waals surface area contributed by atoms with Crippen LogP contribution in [0.2, 0.25) is 0 Å². The molecule has 1 aromatic rings. The molecular weight excluding hydrogens is 224 g/mol. The van der Waals surface area contributed by atoms with Crippen LogP contribution in [0.1, 0.15) is 56.3 Å². The summed E-state index contributed by atoms with van der Waals surface area (Å²) >= 11 is 0. The van der Waals surface area contributed by atoms with Crippen LogP contribution in [0.5, 0.6) is 0 Å². The van der Waals surface area contributed by atoms with Crippen LogP contribution in [-0.2, 0) is 0 Å². The minimum Gasteiger partial charge on any atom is -0.370 e. The number of aromatic nitrogens is 2. The van der Waals surface area contributed by atoms with Gasteiger partial charge >= 0.3 is 0 Å². The van der Waals surface area contributed by atoms with Crippen molar-refractivity contribution in [3.63, 3.8) is 0 Å². The van der Waals surface area contributed by atoms with Gasteiger partial charge in [-0.25, -0.2) is 9.97 Å². The predicted molar refractivity (Wildman–Crippen MR) is 74.2 cm³/mol. The number of nitrogens with zero attached hydrogens (tertiary/aromatic N) is 2. The molecule has 2 N–H and O–H groups in total. The highest BCUT2D eigenvalue weighted by Crippen LogP contribution is 2.39. The van der Waals surface area contributed by atoms with Gasteiger partial charge in [0.2, 0.25) is 0 Å². The van der Waals surface area contributed by atoms with Crippen molar-refractivity contribution in [3.8, 4) is 0 Å². The van der Waals surface area contributed by atoms with E-state index < -0.39 is 0 Å². The van der Waals surface area contributed by atoms with E-state index >= 15 is 0 Å². The summed E-state index contributed by atoms with van der Waals surface area (Å²) in [4.78, 5) is 9.41. The summed E-state index contributed by atoms with van der Waals surface area (Å²) in [6.45, 7) is 5.12. The van der Waals surface area contributed by atoms with Crippen LogP contribution >= 0.6 is 0 Å². The number of anilines is 2. The quantitative estimate of drug-likeness (QED) is 0.838. The maximum Gasteiger partial charge on any atom is 0.136 e. The zero-order valence-corrected chi connectivity index (χ0v) is 11.3. The molecule has 4 heteroatoms. The van der Waals surface area contributed by atoms with Gasteiger partial charge in [0.1, 0.15) is 17.5 Å². The first-order valence-electron chi connectivity index (χ1n) is 7.17. The molecule has 2 aliphatic rings. The van der Waals surface area contributed by atoms with Crippen molar-refractivity contribution in [3.05, 3.63) is 11.4 Å². The number of rotatable bonds is 5. The lowest BCUT2D eigenvalue weighted by Gasteiger charge is -2.28. The third kappa shape index (κ3) is 2.28. The van der Waals surface area contributed by atoms with E-state index in [-0.39, 0.29) is 0 Å². The van der Waals surface area contributed by atoms with E-state index in [1.807, 2.05) is 0 Å². The molecular formula is C14H22N4. The number of nitrogens with one attached hydrogen (secondary N) is 2. The molecule has 0 atom stereocenters. The minimum absolute atomic E-state index is 0.602. The normalized spacial score (nSPS) is 19.4. The summed E-state index contributed by atoms with van der Waals surface area (Å²) in [6.07, 6.45) is 6.39. The molecule has 3 rings (SSSR count). The molecule has 0 radical (unpaired) electrons. The third-order valence-electron chi connectivity index (χ3n) is 3.90. The van der Waals surface area contributed by atoms with E-state index in [1.54, 1.807) is 0 Å². The summed E-state index contributed by atoms with van der Waals surface area (Å²) in [7, 11) is 0. The molecule has 0 aromatic carbocycles. The second-order valence-corrected chi connectivity index (χ2v) is 5.48. The molecule has 0 spiro atoms. The van der Waals surface area contributed by atoms with Crippen molar-refractivity contribution >= 4 is 11.6 Å². The average molecular weight is 246 g/mol. The second kappa shape index (κ2) is 4.75. The summed E-state index contributed by atoms with van der Waals surface area (Å²) in [5.74, 6) is 3.69. The Morgan fingerprint density at radius 1 is 1.11 bits per heavy atom. The molecule has 1 heterocycles. The highest BCUT2D eigenvalue weighted by Gasteiger charge is 2.29. The first-order valence-corrected chi connectivity index (χ1v) is 7.17. The van der Waals surface area contributed by atoms with Gasteiger partial charge in [-0.2, -0.15) is 0 Å². The van der Waals surface area contributed by atoms with Crippen molar-refractivity contribution in [1.29, 1.82) is 0 Å². The zero-order valence-electron chi connectivity index (χ0n) is 11.3. The van der Waals surface area contributed by atoms with E-state index in [2.05, 4.69) is 29.5 Å². The van der Waals surface area contributed by atoms with E-state index in [1.165, 1.54) is 32.1 Å². The van der Waals surface area contributed by atoms with Crippen molar-refractivity contribution in [2.45, 2.75) is 57.9 Å². The molecule has 0 saturated heterocycles. The monoisotopic (exact) mass is 246 g/mol. The van der Waals surface area contributed by atoms with E-state index in [0.29, 0.717) is 12.0 Å². The minimum atomic E-state index is 0.602. The van der Waals surface area contributed by atoms with Gasteiger partial charge in [-0.05, 0) is 46.0 Å². The van der Waals surface area contributed by atoms with Gasteiger partial charge in [-0.15, -0.1) is 0 Å². The maximum absolute atomic E-state index is 4.74. The fourth-order valence-corrected chi connectivity index (χ4v) is 2.28. The molecule has 1 aromatic heterocycles. The largest absolute Gasteiger partial charge is 0.370 e. The lowest BCUT2D eigenvalue weighted by Crippen LogP contribution is -2.28. The van der Waals surface area contributed by atoms with Gasteiger partial charge in [-0.1, -0.05) is 0 Å². The summed E-state index contributed by atoms with van der Waals surface area (Å²) in [6, 6.07) is 0.625. The molecule has 4 nitrogen and oxygen atoms in total. The Morgan fingerprint density at radius 2 is 1.83 bits per heavy atom. The van der Waals surface area contributed by atoms with Crippen molar-refractivity contribution in [2.24, 2.45) is 0 Å². The highest BCUT2D eigenvalue weighted by atomic mass is 15.1.